The highest BCUT2D eigenvalue weighted by Gasteiger charge is 2.51. The normalized spacial score (nSPS) is 37.1. The van der Waals surface area contributed by atoms with Gasteiger partial charge in [-0.25, -0.2) is 0 Å². The number of ether oxygens (including phenoxy) is 1. The lowest BCUT2D eigenvalue weighted by atomic mass is 9.76. The van der Waals surface area contributed by atoms with Crippen molar-refractivity contribution in [3.63, 3.8) is 0 Å². The van der Waals surface area contributed by atoms with Crippen LogP contribution in [0.5, 0.6) is 0 Å². The Morgan fingerprint density at radius 1 is 1.20 bits per heavy atom. The Morgan fingerprint density at radius 3 is 2.50 bits per heavy atom. The van der Waals surface area contributed by atoms with Crippen molar-refractivity contribution in [2.75, 3.05) is 6.61 Å². The van der Waals surface area contributed by atoms with Crippen LogP contribution >= 0.6 is 0 Å². The summed E-state index contributed by atoms with van der Waals surface area (Å²) in [5.41, 5.74) is 0. The summed E-state index contributed by atoms with van der Waals surface area (Å²) in [4.78, 5) is 12.4. The van der Waals surface area contributed by atoms with Gasteiger partial charge < -0.3 is 4.74 Å². The standard InChI is InChI=1S/C18H32O2/c1-5-7-8-14(6-2)11-20-18(19)17-10-15-9-16(17)13(4)12(15)3/h12-17H,5-11H2,1-4H3. The fraction of sp³-hybridized carbons (Fsp3) is 0.944. The summed E-state index contributed by atoms with van der Waals surface area (Å²) in [5, 5.41) is 0. The fourth-order valence-electron chi connectivity index (χ4n) is 4.42. The Kier molecular flexibility index (Phi) is 5.51. The van der Waals surface area contributed by atoms with Gasteiger partial charge in [0.25, 0.3) is 0 Å². The van der Waals surface area contributed by atoms with Crippen molar-refractivity contribution in [1.29, 1.82) is 0 Å². The van der Waals surface area contributed by atoms with E-state index in [9.17, 15) is 4.79 Å². The molecule has 0 saturated heterocycles. The molecule has 0 spiro atoms. The third-order valence-corrected chi connectivity index (χ3v) is 6.20. The van der Waals surface area contributed by atoms with Crippen molar-refractivity contribution in [3.8, 4) is 0 Å². The van der Waals surface area contributed by atoms with E-state index in [0.717, 1.165) is 24.7 Å². The predicted octanol–water partition coefficient (Wildman–Crippen LogP) is 4.67. The monoisotopic (exact) mass is 280 g/mol. The molecule has 20 heavy (non-hydrogen) atoms. The summed E-state index contributed by atoms with van der Waals surface area (Å²) in [6, 6.07) is 0. The van der Waals surface area contributed by atoms with Gasteiger partial charge in [-0.15, -0.1) is 0 Å². The van der Waals surface area contributed by atoms with Crippen molar-refractivity contribution in [2.24, 2.45) is 35.5 Å². The fourth-order valence-corrected chi connectivity index (χ4v) is 4.42. The molecule has 0 aromatic carbocycles. The molecule has 116 valence electrons. The number of rotatable bonds is 7. The molecule has 2 saturated carbocycles. The van der Waals surface area contributed by atoms with Crippen LogP contribution in [0.15, 0.2) is 0 Å². The van der Waals surface area contributed by atoms with E-state index in [0.29, 0.717) is 24.4 Å². The van der Waals surface area contributed by atoms with Crippen LogP contribution < -0.4 is 0 Å². The number of hydrogen-bond donors (Lipinski definition) is 0. The lowest BCUT2D eigenvalue weighted by Crippen LogP contribution is -2.31. The highest BCUT2D eigenvalue weighted by atomic mass is 16.5. The van der Waals surface area contributed by atoms with Gasteiger partial charge in [-0.1, -0.05) is 47.0 Å². The van der Waals surface area contributed by atoms with E-state index in [1.807, 2.05) is 0 Å². The van der Waals surface area contributed by atoms with Gasteiger partial charge in [-0.05, 0) is 48.9 Å². The van der Waals surface area contributed by atoms with Gasteiger partial charge in [0.2, 0.25) is 0 Å². The zero-order valence-corrected chi connectivity index (χ0v) is 13.7. The highest BCUT2D eigenvalue weighted by Crippen LogP contribution is 2.55. The van der Waals surface area contributed by atoms with Gasteiger partial charge in [-0.3, -0.25) is 4.79 Å². The molecule has 0 aliphatic heterocycles. The predicted molar refractivity (Wildman–Crippen MR) is 82.3 cm³/mol. The largest absolute Gasteiger partial charge is 0.465 e. The van der Waals surface area contributed by atoms with Gasteiger partial charge in [0.05, 0.1) is 12.5 Å². The van der Waals surface area contributed by atoms with E-state index < -0.39 is 0 Å². The third kappa shape index (κ3) is 3.20. The lowest BCUT2D eigenvalue weighted by Gasteiger charge is -2.30. The Bertz CT molecular complexity index is 323. The molecule has 0 heterocycles. The van der Waals surface area contributed by atoms with Crippen molar-refractivity contribution in [2.45, 2.75) is 66.2 Å². The molecule has 6 unspecified atom stereocenters. The number of unbranched alkanes of at least 4 members (excludes halogenated alkanes) is 1. The second-order valence-electron chi connectivity index (χ2n) is 7.27. The quantitative estimate of drug-likeness (QED) is 0.633. The highest BCUT2D eigenvalue weighted by molar-refractivity contribution is 5.73. The van der Waals surface area contributed by atoms with Crippen LogP contribution in [0.3, 0.4) is 0 Å². The van der Waals surface area contributed by atoms with Crippen LogP contribution in [0, 0.1) is 35.5 Å². The first-order valence-corrected chi connectivity index (χ1v) is 8.75. The van der Waals surface area contributed by atoms with Crippen LogP contribution in [0.1, 0.15) is 66.2 Å². The first kappa shape index (κ1) is 15.9. The number of carbonyl (C=O) groups excluding carboxylic acids is 1. The van der Waals surface area contributed by atoms with Crippen LogP contribution in [-0.4, -0.2) is 12.6 Å². The SMILES string of the molecule is CCCCC(CC)COC(=O)C1CC2CC1C(C)C2C. The zero-order chi connectivity index (χ0) is 14.7. The average molecular weight is 280 g/mol. The lowest BCUT2D eigenvalue weighted by molar-refractivity contribution is -0.153. The second kappa shape index (κ2) is 6.95. The van der Waals surface area contributed by atoms with Crippen molar-refractivity contribution >= 4 is 5.97 Å². The van der Waals surface area contributed by atoms with E-state index in [1.54, 1.807) is 0 Å². The maximum atomic E-state index is 12.4. The Hall–Kier alpha value is -0.530. The van der Waals surface area contributed by atoms with E-state index in [-0.39, 0.29) is 11.9 Å². The molecule has 2 rings (SSSR count). The minimum atomic E-state index is 0.103. The van der Waals surface area contributed by atoms with Crippen molar-refractivity contribution in [1.82, 2.24) is 0 Å². The zero-order valence-electron chi connectivity index (χ0n) is 13.7. The molecule has 0 aromatic rings. The average Bonchev–Trinajstić information content (AvgIpc) is 3.00. The van der Waals surface area contributed by atoms with E-state index in [2.05, 4.69) is 27.7 Å². The molecule has 0 amide bonds. The molecule has 2 nitrogen and oxygen atoms in total. The summed E-state index contributed by atoms with van der Waals surface area (Å²) >= 11 is 0. The maximum absolute atomic E-state index is 12.4. The first-order chi connectivity index (χ1) is 9.58. The van der Waals surface area contributed by atoms with Crippen LogP contribution in [0.25, 0.3) is 0 Å². The van der Waals surface area contributed by atoms with Crippen LogP contribution in [-0.2, 0) is 9.53 Å². The molecule has 0 aromatic heterocycles. The van der Waals surface area contributed by atoms with Crippen LogP contribution in [0.4, 0.5) is 0 Å². The number of carbonyl (C=O) groups is 1. The van der Waals surface area contributed by atoms with Crippen LogP contribution in [0.2, 0.25) is 0 Å². The Morgan fingerprint density at radius 2 is 1.95 bits per heavy atom. The summed E-state index contributed by atoms with van der Waals surface area (Å²) in [6.07, 6.45) is 7.14. The van der Waals surface area contributed by atoms with Crippen molar-refractivity contribution < 1.29 is 9.53 Å². The number of hydrogen-bond acceptors (Lipinski definition) is 2. The van der Waals surface area contributed by atoms with Gasteiger partial charge >= 0.3 is 5.97 Å². The molecular weight excluding hydrogens is 248 g/mol. The second-order valence-corrected chi connectivity index (χ2v) is 7.27. The van der Waals surface area contributed by atoms with E-state index >= 15 is 0 Å². The number of fused-ring (bicyclic) bond motifs is 2. The maximum Gasteiger partial charge on any atom is 0.309 e. The molecule has 0 N–H and O–H groups in total. The van der Waals surface area contributed by atoms with Gasteiger partial charge in [0, 0.05) is 0 Å². The Balaban J connectivity index is 1.78. The molecule has 2 aliphatic rings. The third-order valence-electron chi connectivity index (χ3n) is 6.20. The van der Waals surface area contributed by atoms with Gasteiger partial charge in [0.1, 0.15) is 0 Å². The summed E-state index contributed by atoms with van der Waals surface area (Å²) in [5.74, 6) is 3.74. The minimum Gasteiger partial charge on any atom is -0.465 e. The molecule has 2 aliphatic carbocycles. The first-order valence-electron chi connectivity index (χ1n) is 8.75. The molecule has 2 heteroatoms. The van der Waals surface area contributed by atoms with Crippen molar-refractivity contribution in [3.05, 3.63) is 0 Å². The van der Waals surface area contributed by atoms with Gasteiger partial charge in [-0.2, -0.15) is 0 Å². The summed E-state index contributed by atoms with van der Waals surface area (Å²) in [7, 11) is 0. The topological polar surface area (TPSA) is 26.3 Å². The smallest absolute Gasteiger partial charge is 0.309 e. The minimum absolute atomic E-state index is 0.103. The summed E-state index contributed by atoms with van der Waals surface area (Å²) in [6.45, 7) is 9.75. The molecule has 2 fully saturated rings. The summed E-state index contributed by atoms with van der Waals surface area (Å²) < 4.78 is 5.67. The van der Waals surface area contributed by atoms with Gasteiger partial charge in [0.15, 0.2) is 0 Å². The Labute approximate surface area is 124 Å². The van der Waals surface area contributed by atoms with E-state index in [1.165, 1.54) is 25.7 Å². The number of esters is 1. The van der Waals surface area contributed by atoms with E-state index in [4.69, 9.17) is 4.74 Å². The molecular formula is C18H32O2. The molecule has 2 bridgehead atoms. The molecule has 6 atom stereocenters. The molecule has 0 radical (unpaired) electrons.